The predicted octanol–water partition coefficient (Wildman–Crippen LogP) is 4.24. The first-order valence-electron chi connectivity index (χ1n) is 6.60. The van der Waals surface area contributed by atoms with E-state index in [-0.39, 0.29) is 10.9 Å². The Hall–Kier alpha value is -1.71. The normalized spacial score (nSPS) is 10.4. The molecule has 0 fully saturated rings. The second-order valence-corrected chi connectivity index (χ2v) is 5.45. The average molecular weight is 323 g/mol. The van der Waals surface area contributed by atoms with E-state index >= 15 is 0 Å². The lowest BCUT2D eigenvalue weighted by molar-refractivity contribution is 0.0753. The molecule has 0 bridgehead atoms. The van der Waals surface area contributed by atoms with Crippen LogP contribution in [0.1, 0.15) is 22.8 Å². The Morgan fingerprint density at radius 1 is 1.19 bits per heavy atom. The summed E-state index contributed by atoms with van der Waals surface area (Å²) >= 11 is 12.1. The van der Waals surface area contributed by atoms with Crippen molar-refractivity contribution in [2.75, 3.05) is 12.3 Å². The van der Waals surface area contributed by atoms with Gasteiger partial charge in [0.1, 0.15) is 0 Å². The zero-order valence-corrected chi connectivity index (χ0v) is 13.2. The number of carbonyl (C=O) groups is 1. The van der Waals surface area contributed by atoms with Crippen LogP contribution in [0.15, 0.2) is 42.5 Å². The van der Waals surface area contributed by atoms with Crippen LogP contribution in [-0.2, 0) is 6.54 Å². The number of hydrogen-bond acceptors (Lipinski definition) is 2. The molecule has 0 heterocycles. The highest BCUT2D eigenvalue weighted by Crippen LogP contribution is 2.27. The van der Waals surface area contributed by atoms with Crippen molar-refractivity contribution >= 4 is 34.8 Å². The van der Waals surface area contributed by atoms with E-state index in [4.69, 9.17) is 28.9 Å². The smallest absolute Gasteiger partial charge is 0.255 e. The molecule has 0 atom stereocenters. The van der Waals surface area contributed by atoms with Crippen molar-refractivity contribution in [1.29, 1.82) is 0 Å². The van der Waals surface area contributed by atoms with E-state index in [9.17, 15) is 4.79 Å². The lowest BCUT2D eigenvalue weighted by atomic mass is 10.1. The van der Waals surface area contributed by atoms with Gasteiger partial charge in [-0.05, 0) is 36.8 Å². The summed E-state index contributed by atoms with van der Waals surface area (Å²) in [5.41, 5.74) is 7.83. The standard InChI is InChI=1S/C16H16Cl2N2O/c1-2-20(10-11-5-3-6-12(19)9-11)16(21)13-7-4-8-14(17)15(13)18/h3-9H,2,10,19H2,1H3. The van der Waals surface area contributed by atoms with Crippen LogP contribution in [0.3, 0.4) is 0 Å². The molecule has 21 heavy (non-hydrogen) atoms. The second kappa shape index (κ2) is 6.83. The Balaban J connectivity index is 2.25. The molecule has 2 aromatic rings. The fourth-order valence-corrected chi connectivity index (χ4v) is 2.46. The van der Waals surface area contributed by atoms with Crippen LogP contribution >= 0.6 is 23.2 Å². The van der Waals surface area contributed by atoms with E-state index < -0.39 is 0 Å². The largest absolute Gasteiger partial charge is 0.399 e. The minimum absolute atomic E-state index is 0.146. The van der Waals surface area contributed by atoms with E-state index in [0.29, 0.717) is 29.4 Å². The van der Waals surface area contributed by atoms with Gasteiger partial charge in [0.15, 0.2) is 0 Å². The number of anilines is 1. The van der Waals surface area contributed by atoms with Crippen molar-refractivity contribution in [3.8, 4) is 0 Å². The SMILES string of the molecule is CCN(Cc1cccc(N)c1)C(=O)c1cccc(Cl)c1Cl. The third-order valence-corrected chi connectivity index (χ3v) is 3.99. The van der Waals surface area contributed by atoms with Gasteiger partial charge in [-0.25, -0.2) is 0 Å². The van der Waals surface area contributed by atoms with Gasteiger partial charge in [-0.2, -0.15) is 0 Å². The van der Waals surface area contributed by atoms with Crippen LogP contribution in [0.4, 0.5) is 5.69 Å². The Kier molecular flexibility index (Phi) is 5.10. The van der Waals surface area contributed by atoms with E-state index in [2.05, 4.69) is 0 Å². The van der Waals surface area contributed by atoms with Crippen LogP contribution in [0, 0.1) is 0 Å². The zero-order chi connectivity index (χ0) is 15.4. The van der Waals surface area contributed by atoms with Crippen molar-refractivity contribution in [1.82, 2.24) is 4.90 Å². The molecule has 0 spiro atoms. The van der Waals surface area contributed by atoms with E-state index in [1.54, 1.807) is 23.1 Å². The third kappa shape index (κ3) is 3.69. The minimum atomic E-state index is -0.146. The summed E-state index contributed by atoms with van der Waals surface area (Å²) in [6.07, 6.45) is 0. The Morgan fingerprint density at radius 3 is 2.57 bits per heavy atom. The summed E-state index contributed by atoms with van der Waals surface area (Å²) in [5, 5.41) is 0.665. The van der Waals surface area contributed by atoms with Crippen LogP contribution in [0.2, 0.25) is 10.0 Å². The minimum Gasteiger partial charge on any atom is -0.399 e. The lowest BCUT2D eigenvalue weighted by Gasteiger charge is -2.22. The molecule has 0 aromatic heterocycles. The molecule has 0 aliphatic heterocycles. The fourth-order valence-electron chi connectivity index (χ4n) is 2.08. The molecule has 1 amide bonds. The summed E-state index contributed by atoms with van der Waals surface area (Å²) in [6.45, 7) is 2.96. The maximum absolute atomic E-state index is 12.6. The zero-order valence-electron chi connectivity index (χ0n) is 11.6. The first-order valence-corrected chi connectivity index (χ1v) is 7.36. The van der Waals surface area contributed by atoms with Crippen LogP contribution in [-0.4, -0.2) is 17.4 Å². The average Bonchev–Trinajstić information content (AvgIpc) is 2.47. The monoisotopic (exact) mass is 322 g/mol. The Morgan fingerprint density at radius 2 is 1.90 bits per heavy atom. The molecule has 0 radical (unpaired) electrons. The fraction of sp³-hybridized carbons (Fsp3) is 0.188. The maximum Gasteiger partial charge on any atom is 0.255 e. The summed E-state index contributed by atoms with van der Waals surface area (Å²) < 4.78 is 0. The summed E-state index contributed by atoms with van der Waals surface area (Å²) in [6, 6.07) is 12.5. The number of nitrogens with two attached hydrogens (primary N) is 1. The molecule has 0 unspecified atom stereocenters. The van der Waals surface area contributed by atoms with Crippen molar-refractivity contribution in [3.05, 3.63) is 63.6 Å². The maximum atomic E-state index is 12.6. The van der Waals surface area contributed by atoms with Gasteiger partial charge in [-0.3, -0.25) is 4.79 Å². The van der Waals surface area contributed by atoms with Crippen LogP contribution < -0.4 is 5.73 Å². The number of amides is 1. The molecule has 110 valence electrons. The number of halogens is 2. The number of carbonyl (C=O) groups excluding carboxylic acids is 1. The molecular weight excluding hydrogens is 307 g/mol. The quantitative estimate of drug-likeness (QED) is 0.856. The summed E-state index contributed by atoms with van der Waals surface area (Å²) in [4.78, 5) is 14.3. The van der Waals surface area contributed by atoms with Gasteiger partial charge >= 0.3 is 0 Å². The summed E-state index contributed by atoms with van der Waals surface area (Å²) in [7, 11) is 0. The molecule has 0 aliphatic rings. The summed E-state index contributed by atoms with van der Waals surface area (Å²) in [5.74, 6) is -0.146. The third-order valence-electron chi connectivity index (χ3n) is 3.18. The predicted molar refractivity (Wildman–Crippen MR) is 87.7 cm³/mol. The molecule has 0 aliphatic carbocycles. The van der Waals surface area contributed by atoms with E-state index in [1.807, 2.05) is 31.2 Å². The molecule has 2 aromatic carbocycles. The Labute approximate surface area is 134 Å². The van der Waals surface area contributed by atoms with E-state index in [1.165, 1.54) is 0 Å². The topological polar surface area (TPSA) is 46.3 Å². The molecule has 2 N–H and O–H groups in total. The van der Waals surface area contributed by atoms with Crippen molar-refractivity contribution in [2.45, 2.75) is 13.5 Å². The molecule has 0 saturated carbocycles. The van der Waals surface area contributed by atoms with Crippen molar-refractivity contribution < 1.29 is 4.79 Å². The molecule has 3 nitrogen and oxygen atoms in total. The van der Waals surface area contributed by atoms with Gasteiger partial charge in [0, 0.05) is 18.8 Å². The molecule has 2 rings (SSSR count). The van der Waals surface area contributed by atoms with E-state index in [0.717, 1.165) is 5.56 Å². The van der Waals surface area contributed by atoms with Gasteiger partial charge in [-0.15, -0.1) is 0 Å². The van der Waals surface area contributed by atoms with Gasteiger partial charge in [-0.1, -0.05) is 41.4 Å². The molecular formula is C16H16Cl2N2O. The number of nitrogens with zero attached hydrogens (tertiary/aromatic N) is 1. The number of hydrogen-bond donors (Lipinski definition) is 1. The van der Waals surface area contributed by atoms with Crippen LogP contribution in [0.5, 0.6) is 0 Å². The molecule has 5 heteroatoms. The first-order chi connectivity index (χ1) is 10.0. The number of benzene rings is 2. The van der Waals surface area contributed by atoms with Gasteiger partial charge in [0.2, 0.25) is 0 Å². The van der Waals surface area contributed by atoms with Gasteiger partial charge in [0.05, 0.1) is 15.6 Å². The lowest BCUT2D eigenvalue weighted by Crippen LogP contribution is -2.30. The second-order valence-electron chi connectivity index (χ2n) is 4.67. The molecule has 0 saturated heterocycles. The number of rotatable bonds is 4. The van der Waals surface area contributed by atoms with Gasteiger partial charge < -0.3 is 10.6 Å². The van der Waals surface area contributed by atoms with Crippen molar-refractivity contribution in [2.24, 2.45) is 0 Å². The highest BCUT2D eigenvalue weighted by atomic mass is 35.5. The highest BCUT2D eigenvalue weighted by molar-refractivity contribution is 6.43. The van der Waals surface area contributed by atoms with Gasteiger partial charge in [0.25, 0.3) is 5.91 Å². The Bertz CT molecular complexity index is 658. The highest BCUT2D eigenvalue weighted by Gasteiger charge is 2.18. The number of nitrogen functional groups attached to an aromatic ring is 1. The van der Waals surface area contributed by atoms with Crippen molar-refractivity contribution in [3.63, 3.8) is 0 Å². The van der Waals surface area contributed by atoms with Crippen LogP contribution in [0.25, 0.3) is 0 Å². The first kappa shape index (κ1) is 15.7.